The molecule has 0 aliphatic rings. The number of rotatable bonds is 5. The molecular formula is C19H17Cl2N3OS. The number of nitrogens with one attached hydrogen (secondary N) is 2. The van der Waals surface area contributed by atoms with Crippen LogP contribution in [0.5, 0.6) is 0 Å². The number of halogens is 2. The molecule has 0 unspecified atom stereocenters. The fourth-order valence-electron chi connectivity index (χ4n) is 2.39. The number of nitrogens with zero attached hydrogens (tertiary/aromatic N) is 1. The van der Waals surface area contributed by atoms with Gasteiger partial charge in [-0.25, -0.2) is 4.98 Å². The maximum atomic E-state index is 12.4. The number of aryl methyl sites for hydroxylation is 1. The molecule has 0 saturated carbocycles. The minimum Gasteiger partial charge on any atom is -0.374 e. The minimum atomic E-state index is -0.447. The lowest BCUT2D eigenvalue weighted by molar-refractivity contribution is -0.116. The molecule has 0 saturated heterocycles. The molecule has 0 aliphatic carbocycles. The first kappa shape index (κ1) is 18.7. The standard InChI is InChI=1S/C19H17Cl2N3OS/c1-11(19(25)24-16-5-3-4-15(20)18(16)21)22-14-8-6-13(7-9-14)17-10-26-12(2)23-17/h3-11,22H,1-2H3,(H,24,25)/t11-/m1/s1. The fraction of sp³-hybridized carbons (Fsp3) is 0.158. The number of anilines is 2. The van der Waals surface area contributed by atoms with E-state index in [0.29, 0.717) is 15.7 Å². The predicted octanol–water partition coefficient (Wildman–Crippen LogP) is 5.86. The molecule has 1 heterocycles. The monoisotopic (exact) mass is 405 g/mol. The summed E-state index contributed by atoms with van der Waals surface area (Å²) in [5.41, 5.74) is 3.34. The summed E-state index contributed by atoms with van der Waals surface area (Å²) < 4.78 is 0. The van der Waals surface area contributed by atoms with Gasteiger partial charge < -0.3 is 10.6 Å². The van der Waals surface area contributed by atoms with E-state index in [0.717, 1.165) is 22.0 Å². The largest absolute Gasteiger partial charge is 0.374 e. The van der Waals surface area contributed by atoms with Crippen molar-refractivity contribution in [1.29, 1.82) is 0 Å². The summed E-state index contributed by atoms with van der Waals surface area (Å²) in [6.07, 6.45) is 0. The van der Waals surface area contributed by atoms with E-state index in [4.69, 9.17) is 23.2 Å². The molecule has 0 bridgehead atoms. The molecule has 0 spiro atoms. The Morgan fingerprint density at radius 1 is 1.15 bits per heavy atom. The Hall–Kier alpha value is -2.08. The molecule has 1 aromatic heterocycles. The maximum absolute atomic E-state index is 12.4. The van der Waals surface area contributed by atoms with Crippen molar-refractivity contribution in [3.8, 4) is 11.3 Å². The minimum absolute atomic E-state index is 0.201. The van der Waals surface area contributed by atoms with Gasteiger partial charge in [0, 0.05) is 16.6 Å². The van der Waals surface area contributed by atoms with Crippen LogP contribution in [0, 0.1) is 6.92 Å². The lowest BCUT2D eigenvalue weighted by atomic mass is 10.1. The van der Waals surface area contributed by atoms with Crippen LogP contribution in [0.25, 0.3) is 11.3 Å². The van der Waals surface area contributed by atoms with E-state index in [-0.39, 0.29) is 5.91 Å². The van der Waals surface area contributed by atoms with Gasteiger partial charge in [-0.2, -0.15) is 0 Å². The quantitative estimate of drug-likeness (QED) is 0.558. The van der Waals surface area contributed by atoms with Crippen molar-refractivity contribution in [3.63, 3.8) is 0 Å². The molecule has 134 valence electrons. The van der Waals surface area contributed by atoms with Gasteiger partial charge in [0.1, 0.15) is 6.04 Å². The number of amides is 1. The van der Waals surface area contributed by atoms with Gasteiger partial charge >= 0.3 is 0 Å². The van der Waals surface area contributed by atoms with Gasteiger partial charge in [0.05, 0.1) is 26.4 Å². The van der Waals surface area contributed by atoms with E-state index < -0.39 is 6.04 Å². The number of carbonyl (C=O) groups excluding carboxylic acids is 1. The molecule has 0 fully saturated rings. The molecule has 7 heteroatoms. The van der Waals surface area contributed by atoms with Crippen LogP contribution in [-0.2, 0) is 4.79 Å². The Bertz CT molecular complexity index is 925. The van der Waals surface area contributed by atoms with Crippen molar-refractivity contribution in [1.82, 2.24) is 4.98 Å². The third kappa shape index (κ3) is 4.36. The molecule has 1 amide bonds. The third-order valence-corrected chi connectivity index (χ3v) is 5.38. The van der Waals surface area contributed by atoms with Crippen LogP contribution in [0.3, 0.4) is 0 Å². The Balaban J connectivity index is 1.64. The number of thiazole rings is 1. The second-order valence-corrected chi connectivity index (χ2v) is 7.63. The van der Waals surface area contributed by atoms with Crippen LogP contribution >= 0.6 is 34.5 Å². The SMILES string of the molecule is Cc1nc(-c2ccc(N[C@H](C)C(=O)Nc3cccc(Cl)c3Cl)cc2)cs1. The topological polar surface area (TPSA) is 54.0 Å². The summed E-state index contributed by atoms with van der Waals surface area (Å²) in [7, 11) is 0. The van der Waals surface area contributed by atoms with Crippen LogP contribution in [-0.4, -0.2) is 16.9 Å². The highest BCUT2D eigenvalue weighted by molar-refractivity contribution is 7.09. The molecule has 0 radical (unpaired) electrons. The van der Waals surface area contributed by atoms with E-state index in [1.807, 2.05) is 36.6 Å². The van der Waals surface area contributed by atoms with Gasteiger partial charge in [0.2, 0.25) is 5.91 Å². The summed E-state index contributed by atoms with van der Waals surface area (Å²) in [6.45, 7) is 3.77. The summed E-state index contributed by atoms with van der Waals surface area (Å²) in [6, 6.07) is 12.5. The van der Waals surface area contributed by atoms with Crippen LogP contribution in [0.1, 0.15) is 11.9 Å². The summed E-state index contributed by atoms with van der Waals surface area (Å²) in [5, 5.41) is 9.76. The van der Waals surface area contributed by atoms with Gasteiger partial charge in [-0.05, 0) is 38.1 Å². The zero-order valence-electron chi connectivity index (χ0n) is 14.2. The van der Waals surface area contributed by atoms with Crippen molar-refractivity contribution < 1.29 is 4.79 Å². The maximum Gasteiger partial charge on any atom is 0.246 e. The molecule has 0 aliphatic heterocycles. The zero-order valence-corrected chi connectivity index (χ0v) is 16.5. The summed E-state index contributed by atoms with van der Waals surface area (Å²) in [5.74, 6) is -0.201. The molecule has 26 heavy (non-hydrogen) atoms. The first-order valence-electron chi connectivity index (χ1n) is 7.98. The number of hydrogen-bond acceptors (Lipinski definition) is 4. The van der Waals surface area contributed by atoms with Crippen molar-refractivity contribution in [2.24, 2.45) is 0 Å². The average molecular weight is 406 g/mol. The Labute approximate surface area is 166 Å². The second-order valence-electron chi connectivity index (χ2n) is 5.79. The molecule has 3 aromatic rings. The van der Waals surface area contributed by atoms with E-state index in [9.17, 15) is 4.79 Å². The zero-order chi connectivity index (χ0) is 18.7. The van der Waals surface area contributed by atoms with Crippen molar-refractivity contribution in [2.45, 2.75) is 19.9 Å². The average Bonchev–Trinajstić information content (AvgIpc) is 3.06. The van der Waals surface area contributed by atoms with E-state index >= 15 is 0 Å². The number of hydrogen-bond donors (Lipinski definition) is 2. The molecule has 4 nitrogen and oxygen atoms in total. The van der Waals surface area contributed by atoms with Crippen molar-refractivity contribution >= 4 is 51.8 Å². The van der Waals surface area contributed by atoms with Gasteiger partial charge in [-0.1, -0.05) is 41.4 Å². The highest BCUT2D eigenvalue weighted by Gasteiger charge is 2.15. The molecule has 3 rings (SSSR count). The summed E-state index contributed by atoms with van der Waals surface area (Å²) in [4.78, 5) is 16.9. The lowest BCUT2D eigenvalue weighted by Crippen LogP contribution is -2.31. The summed E-state index contributed by atoms with van der Waals surface area (Å²) >= 11 is 13.7. The molecule has 1 atom stereocenters. The van der Waals surface area contributed by atoms with E-state index in [2.05, 4.69) is 15.6 Å². The van der Waals surface area contributed by atoms with E-state index in [1.54, 1.807) is 36.5 Å². The predicted molar refractivity (Wildman–Crippen MR) is 110 cm³/mol. The highest BCUT2D eigenvalue weighted by atomic mass is 35.5. The van der Waals surface area contributed by atoms with Gasteiger partial charge in [0.25, 0.3) is 0 Å². The molecule has 2 aromatic carbocycles. The molecular weight excluding hydrogens is 389 g/mol. The van der Waals surface area contributed by atoms with E-state index in [1.165, 1.54) is 0 Å². The van der Waals surface area contributed by atoms with Crippen LogP contribution in [0.4, 0.5) is 11.4 Å². The van der Waals surface area contributed by atoms with Crippen molar-refractivity contribution in [2.75, 3.05) is 10.6 Å². The normalized spacial score (nSPS) is 11.8. The smallest absolute Gasteiger partial charge is 0.246 e. The first-order chi connectivity index (χ1) is 12.4. The van der Waals surface area contributed by atoms with Gasteiger partial charge in [-0.15, -0.1) is 11.3 Å². The molecule has 2 N–H and O–H groups in total. The van der Waals surface area contributed by atoms with Crippen LogP contribution in [0.2, 0.25) is 10.0 Å². The number of benzene rings is 2. The highest BCUT2D eigenvalue weighted by Crippen LogP contribution is 2.29. The second kappa shape index (κ2) is 8.08. The lowest BCUT2D eigenvalue weighted by Gasteiger charge is -2.16. The van der Waals surface area contributed by atoms with Crippen LogP contribution < -0.4 is 10.6 Å². The van der Waals surface area contributed by atoms with Gasteiger partial charge in [-0.3, -0.25) is 4.79 Å². The van der Waals surface area contributed by atoms with Gasteiger partial charge in [0.15, 0.2) is 0 Å². The van der Waals surface area contributed by atoms with Crippen LogP contribution in [0.15, 0.2) is 47.8 Å². The Morgan fingerprint density at radius 3 is 2.54 bits per heavy atom. The third-order valence-electron chi connectivity index (χ3n) is 3.79. The first-order valence-corrected chi connectivity index (χ1v) is 9.61. The van der Waals surface area contributed by atoms with Crippen molar-refractivity contribution in [3.05, 3.63) is 62.9 Å². The Morgan fingerprint density at radius 2 is 1.88 bits per heavy atom. The number of aromatic nitrogens is 1. The Kier molecular flexibility index (Phi) is 5.81. The fourth-order valence-corrected chi connectivity index (χ4v) is 3.36. The number of carbonyl (C=O) groups is 1.